The van der Waals surface area contributed by atoms with Gasteiger partial charge in [0.2, 0.25) is 0 Å². The molecule has 1 aliphatic heterocycles. The van der Waals surface area contributed by atoms with Crippen molar-refractivity contribution in [1.82, 2.24) is 9.55 Å². The molecule has 1 aromatic rings. The van der Waals surface area contributed by atoms with Gasteiger partial charge in [-0.1, -0.05) is 11.8 Å². The van der Waals surface area contributed by atoms with Crippen LogP contribution in [0.3, 0.4) is 0 Å². The Morgan fingerprint density at radius 3 is 2.59 bits per heavy atom. The lowest BCUT2D eigenvalue weighted by Gasteiger charge is -2.40. The van der Waals surface area contributed by atoms with Crippen LogP contribution in [-0.2, 0) is 51.1 Å². The first-order valence-electron chi connectivity index (χ1n) is 7.45. The zero-order valence-electron chi connectivity index (χ0n) is 14.3. The molecule has 2 heterocycles. The fraction of sp³-hybridized carbons (Fsp3) is 0.600. The number of phosphoric acid groups is 2. The highest BCUT2D eigenvalue weighted by atomic mass is 32.9. The van der Waals surface area contributed by atoms with Crippen LogP contribution in [0, 0.1) is 6.92 Å². The monoisotopic (exact) mass is 510 g/mol. The Labute approximate surface area is 173 Å². The van der Waals surface area contributed by atoms with Gasteiger partial charge in [0.15, 0.2) is 0 Å². The molecule has 0 saturated carbocycles. The summed E-state index contributed by atoms with van der Waals surface area (Å²) in [7, 11) is -11.6. The maximum Gasteiger partial charge on any atom is 0.330 e. The Morgan fingerprint density at radius 1 is 1.38 bits per heavy atom. The van der Waals surface area contributed by atoms with E-state index in [2.05, 4.69) is 37.7 Å². The molecule has 0 amide bonds. The predicted octanol–water partition coefficient (Wildman–Crippen LogP) is -2.39. The van der Waals surface area contributed by atoms with Crippen molar-refractivity contribution in [2.75, 3.05) is 6.61 Å². The molecule has 14 nitrogen and oxygen atoms in total. The van der Waals surface area contributed by atoms with Crippen LogP contribution in [0.5, 0.6) is 0 Å². The molecule has 1 aliphatic rings. The number of aryl methyl sites for hydroxylation is 1. The van der Waals surface area contributed by atoms with E-state index < -0.39 is 57.6 Å². The van der Waals surface area contributed by atoms with Crippen LogP contribution in [0.4, 0.5) is 0 Å². The molecule has 2 rings (SSSR count). The number of nitrogens with zero attached hydrogens (tertiary/aromatic N) is 1. The van der Waals surface area contributed by atoms with E-state index in [9.17, 15) is 38.5 Å². The Bertz CT molecular complexity index is 1020. The van der Waals surface area contributed by atoms with Gasteiger partial charge in [0.25, 0.3) is 13.4 Å². The van der Waals surface area contributed by atoms with Gasteiger partial charge in [0.05, 0.1) is 26.2 Å². The van der Waals surface area contributed by atoms with Crippen molar-refractivity contribution in [2.45, 2.75) is 31.8 Å². The van der Waals surface area contributed by atoms with Crippen LogP contribution < -0.4 is 25.9 Å². The van der Waals surface area contributed by atoms with Crippen molar-refractivity contribution in [2.24, 2.45) is 0 Å². The van der Waals surface area contributed by atoms with E-state index in [1.165, 1.54) is 13.1 Å². The molecular formula is C10H13N2O12P3S2-4. The first kappa shape index (κ1) is 25.1. The lowest BCUT2D eigenvalue weighted by atomic mass is 10.2. The third-order valence-electron chi connectivity index (χ3n) is 3.46. The zero-order valence-corrected chi connectivity index (χ0v) is 18.6. The van der Waals surface area contributed by atoms with Crippen molar-refractivity contribution >= 4 is 45.4 Å². The zero-order chi connectivity index (χ0) is 22.2. The van der Waals surface area contributed by atoms with Gasteiger partial charge in [-0.15, -0.1) is 0 Å². The second-order valence-corrected chi connectivity index (χ2v) is 13.5. The van der Waals surface area contributed by atoms with Crippen molar-refractivity contribution in [1.29, 1.82) is 0 Å². The van der Waals surface area contributed by atoms with Gasteiger partial charge in [-0.05, 0) is 6.92 Å². The number of aromatic amines is 1. The van der Waals surface area contributed by atoms with E-state index in [1.54, 1.807) is 0 Å². The summed E-state index contributed by atoms with van der Waals surface area (Å²) >= 11 is 9.26. The highest BCUT2D eigenvalue weighted by Crippen LogP contribution is 2.63. The topological polar surface area (TPSA) is 215 Å². The fourth-order valence-electron chi connectivity index (χ4n) is 2.28. The Kier molecular flexibility index (Phi) is 7.90. The number of aliphatic hydroxyl groups excluding tert-OH is 1. The predicted molar refractivity (Wildman–Crippen MR) is 95.6 cm³/mol. The fourth-order valence-corrected chi connectivity index (χ4v) is 6.98. The summed E-state index contributed by atoms with van der Waals surface area (Å²) in [5, 5.41) is 10.1. The normalized spacial score (nSPS) is 26.8. The maximum atomic E-state index is 11.9. The van der Waals surface area contributed by atoms with Gasteiger partial charge in [-0.3, -0.25) is 27.5 Å². The number of rotatable bonds is 8. The highest BCUT2D eigenvalue weighted by molar-refractivity contribution is 8.52. The summed E-state index contributed by atoms with van der Waals surface area (Å²) in [6.45, 7) is 0.874. The number of H-pyrrole nitrogens is 1. The molecule has 5 atom stereocenters. The van der Waals surface area contributed by atoms with Crippen molar-refractivity contribution in [3.8, 4) is 0 Å². The Hall–Kier alpha value is -0.180. The second kappa shape index (κ2) is 9.13. The summed E-state index contributed by atoms with van der Waals surface area (Å²) in [4.78, 5) is 57.5. The molecule has 29 heavy (non-hydrogen) atoms. The van der Waals surface area contributed by atoms with Gasteiger partial charge in [-0.25, -0.2) is 4.79 Å². The minimum atomic E-state index is -5.93. The number of hydrogen-bond acceptors (Lipinski definition) is 14. The Morgan fingerprint density at radius 2 is 2.00 bits per heavy atom. The average Bonchev–Trinajstić information content (AvgIpc) is 2.86. The highest BCUT2D eigenvalue weighted by Gasteiger charge is 2.36. The molecule has 2 N–H and O–H groups in total. The van der Waals surface area contributed by atoms with Crippen LogP contribution in [-0.4, -0.2) is 33.5 Å². The molecular weight excluding hydrogens is 497 g/mol. The van der Waals surface area contributed by atoms with Crippen LogP contribution in [0.25, 0.3) is 0 Å². The summed E-state index contributed by atoms with van der Waals surface area (Å²) in [5.74, 6) is 0. The van der Waals surface area contributed by atoms with Crippen LogP contribution >= 0.6 is 21.3 Å². The van der Waals surface area contributed by atoms with E-state index in [0.29, 0.717) is 0 Å². The minimum absolute atomic E-state index is 0.0840. The van der Waals surface area contributed by atoms with Gasteiger partial charge >= 0.3 is 5.69 Å². The molecule has 1 saturated heterocycles. The number of hydrogen-bond donors (Lipinski definition) is 2. The first-order valence-corrected chi connectivity index (χ1v) is 14.0. The van der Waals surface area contributed by atoms with Crippen LogP contribution in [0.1, 0.15) is 18.2 Å². The summed E-state index contributed by atoms with van der Waals surface area (Å²) in [5.41, 5.74) is -5.23. The Balaban J connectivity index is 2.03. The maximum absolute atomic E-state index is 11.9. The third-order valence-corrected chi connectivity index (χ3v) is 8.95. The standard InChI is InChI=1S/C10H17N2O12P3S2/c1-5-3-12(10(15)11-9(5)14)8-2-6(13)7(22-8)4-21-27(28,29)24-26(19,20)23-25(16,17)18/h3,6-8,13H,2,4H2,1H3,(H,19,20)(H,28,29)(H,11,14,15)(H2,16,17,18)/p-4/t6-,7+,8+/m0/s1. The average molecular weight is 510 g/mol. The smallest absolute Gasteiger partial charge is 0.330 e. The molecule has 1 fully saturated rings. The molecule has 2 unspecified atom stereocenters. The molecule has 1 aromatic heterocycles. The largest absolute Gasteiger partial charge is 0.790 e. The number of ether oxygens (including phenoxy) is 1. The quantitative estimate of drug-likeness (QED) is 0.276. The summed E-state index contributed by atoms with van der Waals surface area (Å²) in [6, 6.07) is 0. The molecule has 0 aromatic carbocycles. The number of nitrogens with one attached hydrogen (secondary N) is 1. The van der Waals surface area contributed by atoms with Crippen molar-refractivity contribution in [3.05, 3.63) is 32.6 Å². The van der Waals surface area contributed by atoms with Crippen LogP contribution in [0.15, 0.2) is 15.8 Å². The van der Waals surface area contributed by atoms with E-state index in [4.69, 9.17) is 9.26 Å². The SMILES string of the molecule is Cc1cn([C@H]2C[C@H](O)[C@@H](COP(=S)([S-])OP(=O)([O-])OP(=O)([O-])[O-])O2)c(=O)[nH]c1=O. The van der Waals surface area contributed by atoms with E-state index in [1.807, 2.05) is 0 Å². The van der Waals surface area contributed by atoms with E-state index in [-0.39, 0.29) is 12.0 Å². The summed E-state index contributed by atoms with van der Waals surface area (Å²) < 4.78 is 40.5. The molecule has 0 aliphatic carbocycles. The van der Waals surface area contributed by atoms with Gasteiger partial charge in [0.1, 0.15) is 12.3 Å². The molecule has 0 bridgehead atoms. The van der Waals surface area contributed by atoms with Gasteiger partial charge in [-0.2, -0.15) is 0 Å². The van der Waals surface area contributed by atoms with Gasteiger partial charge in [0, 0.05) is 18.2 Å². The van der Waals surface area contributed by atoms with Crippen molar-refractivity contribution < 1.29 is 46.8 Å². The van der Waals surface area contributed by atoms with Gasteiger partial charge < -0.3 is 45.9 Å². The van der Waals surface area contributed by atoms with Crippen molar-refractivity contribution in [3.63, 3.8) is 0 Å². The molecule has 0 spiro atoms. The first-order chi connectivity index (χ1) is 13.1. The lowest BCUT2D eigenvalue weighted by Crippen LogP contribution is -2.33. The van der Waals surface area contributed by atoms with Crippen LogP contribution in [0.2, 0.25) is 0 Å². The number of aliphatic hydroxyl groups is 1. The minimum Gasteiger partial charge on any atom is -0.790 e. The lowest BCUT2D eigenvalue weighted by molar-refractivity contribution is -0.339. The molecule has 19 heteroatoms. The van der Waals surface area contributed by atoms with E-state index in [0.717, 1.165) is 4.57 Å². The second-order valence-electron chi connectivity index (χ2n) is 5.71. The van der Waals surface area contributed by atoms with E-state index >= 15 is 0 Å². The third kappa shape index (κ3) is 7.47. The molecule has 0 radical (unpaired) electrons. The number of aromatic nitrogens is 2. The molecule has 166 valence electrons. The summed E-state index contributed by atoms with van der Waals surface area (Å²) in [6.07, 6.45) is -2.14.